The lowest BCUT2D eigenvalue weighted by atomic mass is 9.66. The number of esters is 1. The van der Waals surface area contributed by atoms with Crippen LogP contribution in [-0.2, 0) is 47.5 Å². The van der Waals surface area contributed by atoms with Crippen molar-refractivity contribution < 1.29 is 51.9 Å². The number of rotatable bonds is 10. The molecule has 0 N–H and O–H groups in total. The van der Waals surface area contributed by atoms with Crippen LogP contribution in [-0.4, -0.2) is 132 Å². The van der Waals surface area contributed by atoms with Gasteiger partial charge in [-0.25, -0.2) is 4.39 Å². The van der Waals surface area contributed by atoms with Crippen molar-refractivity contribution in [3.8, 4) is 0 Å². The molecule has 0 spiro atoms. The first-order valence-electron chi connectivity index (χ1n) is 22.7. The number of hydrogen-bond acceptors (Lipinski definition) is 12. The molecule has 60 heavy (non-hydrogen) atoms. The van der Waals surface area contributed by atoms with E-state index >= 15 is 4.79 Å². The minimum Gasteiger partial charge on any atom is -0.462 e. The van der Waals surface area contributed by atoms with E-state index in [1.807, 2.05) is 26.0 Å². The Morgan fingerprint density at radius 1 is 0.833 bits per heavy atom. The second kappa shape index (κ2) is 18.3. The zero-order valence-electron chi connectivity index (χ0n) is 37.1. The summed E-state index contributed by atoms with van der Waals surface area (Å²) in [4.78, 5) is 33.7. The standard InChI is InChI=1S/C47H69FN2O10/c1-10-29-12-11-13-37(60-39-19-18-36(49(5)6)25(3)56-39)24(2)43(52)35-22-32-31-20-30(59-47-46(55-9)45(54-8)44(53-7)26(4)57-47)21-34(31)41-42(40(32)33(35)23-38(51)58-29)50(41)28-16-14-27(48)15-17-28/h14-17,22,24-26,29-34,36-37,39-42,44-47H,10-13,18-21,23H2,1-9H3/t24-,25?,26?,29+,30+,31+,32+,33-,34-,36+,37+,39+,40-,41+,42-,44+,45?,46+,47+,50?/m1/s1. The fourth-order valence-electron chi connectivity index (χ4n) is 12.6. The molecule has 6 fully saturated rings. The molecule has 0 amide bonds. The fraction of sp³-hybridized carbons (Fsp3) is 0.787. The first kappa shape index (κ1) is 44.1. The zero-order valence-corrected chi connectivity index (χ0v) is 37.1. The van der Waals surface area contributed by atoms with Gasteiger partial charge in [0.05, 0.1) is 42.9 Å². The van der Waals surface area contributed by atoms with Gasteiger partial charge in [-0.3, -0.25) is 9.59 Å². The quantitative estimate of drug-likeness (QED) is 0.194. The molecule has 3 aliphatic carbocycles. The number of methoxy groups -OCH3 is 3. The maximum absolute atomic E-state index is 15.1. The van der Waals surface area contributed by atoms with Crippen molar-refractivity contribution in [2.45, 2.75) is 165 Å². The average molecular weight is 841 g/mol. The third kappa shape index (κ3) is 8.35. The largest absolute Gasteiger partial charge is 0.462 e. The smallest absolute Gasteiger partial charge is 0.306 e. The molecule has 13 heteroatoms. The normalized spacial score (nSPS) is 44.5. The molecule has 0 aromatic heterocycles. The van der Waals surface area contributed by atoms with E-state index in [0.717, 1.165) is 49.8 Å². The molecule has 0 bridgehead atoms. The number of allylic oxidation sites excluding steroid dienone is 2. The van der Waals surface area contributed by atoms with Gasteiger partial charge in [-0.05, 0) is 133 Å². The summed E-state index contributed by atoms with van der Waals surface area (Å²) < 4.78 is 64.7. The van der Waals surface area contributed by atoms with E-state index in [1.165, 1.54) is 12.1 Å². The molecule has 334 valence electrons. The van der Waals surface area contributed by atoms with Crippen molar-refractivity contribution in [3.63, 3.8) is 0 Å². The van der Waals surface area contributed by atoms with Gasteiger partial charge in [-0.1, -0.05) is 19.9 Å². The van der Waals surface area contributed by atoms with E-state index in [-0.39, 0.29) is 115 Å². The van der Waals surface area contributed by atoms with Crippen LogP contribution in [0.3, 0.4) is 0 Å². The second-order valence-corrected chi connectivity index (χ2v) is 19.0. The van der Waals surface area contributed by atoms with Crippen molar-refractivity contribution >= 4 is 17.4 Å². The van der Waals surface area contributed by atoms with E-state index in [4.69, 9.17) is 37.9 Å². The average Bonchev–Trinajstić information content (AvgIpc) is 3.62. The summed E-state index contributed by atoms with van der Waals surface area (Å²) in [5.41, 5.74) is 1.68. The summed E-state index contributed by atoms with van der Waals surface area (Å²) in [6.45, 7) is 8.14. The van der Waals surface area contributed by atoms with Gasteiger partial charge in [-0.15, -0.1) is 0 Å². The van der Waals surface area contributed by atoms with Crippen LogP contribution in [0.5, 0.6) is 0 Å². The predicted molar refractivity (Wildman–Crippen MR) is 222 cm³/mol. The summed E-state index contributed by atoms with van der Waals surface area (Å²) >= 11 is 0. The number of fused-ring (bicyclic) bond motifs is 8. The van der Waals surface area contributed by atoms with Crippen molar-refractivity contribution in [2.75, 3.05) is 40.3 Å². The highest BCUT2D eigenvalue weighted by Gasteiger charge is 2.69. The van der Waals surface area contributed by atoms with E-state index in [2.05, 4.69) is 43.8 Å². The van der Waals surface area contributed by atoms with E-state index in [9.17, 15) is 9.18 Å². The Kier molecular flexibility index (Phi) is 13.5. The Morgan fingerprint density at radius 2 is 1.55 bits per heavy atom. The van der Waals surface area contributed by atoms with Gasteiger partial charge in [0.2, 0.25) is 0 Å². The number of carbonyl (C=O) groups excluding carboxylic acids is 2. The molecular weight excluding hydrogens is 772 g/mol. The van der Waals surface area contributed by atoms with Crippen molar-refractivity contribution in [1.29, 1.82) is 0 Å². The van der Waals surface area contributed by atoms with Crippen LogP contribution >= 0.6 is 0 Å². The highest BCUT2D eigenvalue weighted by molar-refractivity contribution is 5.99. The maximum atomic E-state index is 15.1. The third-order valence-electron chi connectivity index (χ3n) is 15.5. The van der Waals surface area contributed by atoms with Crippen LogP contribution in [0.4, 0.5) is 10.1 Å². The number of carbonyl (C=O) groups is 2. The Labute approximate surface area is 356 Å². The summed E-state index contributed by atoms with van der Waals surface area (Å²) in [7, 11) is 9.12. The van der Waals surface area contributed by atoms with Crippen LogP contribution in [0.25, 0.3) is 0 Å². The van der Waals surface area contributed by atoms with Crippen LogP contribution in [0.1, 0.15) is 85.5 Å². The molecule has 7 aliphatic rings. The summed E-state index contributed by atoms with van der Waals surface area (Å²) in [6, 6.07) is 7.26. The number of nitrogens with zero attached hydrogens (tertiary/aromatic N) is 2. The molecule has 1 aromatic carbocycles. The monoisotopic (exact) mass is 840 g/mol. The van der Waals surface area contributed by atoms with Crippen molar-refractivity contribution in [3.05, 3.63) is 41.7 Å². The van der Waals surface area contributed by atoms with Gasteiger partial charge >= 0.3 is 5.97 Å². The first-order chi connectivity index (χ1) is 28.9. The van der Waals surface area contributed by atoms with Crippen LogP contribution in [0.15, 0.2) is 35.9 Å². The number of cyclic esters (lactones) is 1. The van der Waals surface area contributed by atoms with Crippen LogP contribution < -0.4 is 4.90 Å². The van der Waals surface area contributed by atoms with Gasteiger partial charge in [0, 0.05) is 44.9 Å². The number of likely N-dealkylation sites (N-methyl/N-ethyl adjacent to an activating group) is 1. The summed E-state index contributed by atoms with van der Waals surface area (Å²) in [5.74, 6) is -0.785. The van der Waals surface area contributed by atoms with Gasteiger partial charge in [0.25, 0.3) is 0 Å². The number of anilines is 1. The van der Waals surface area contributed by atoms with Gasteiger partial charge in [0.1, 0.15) is 30.2 Å². The lowest BCUT2D eigenvalue weighted by Gasteiger charge is -2.44. The maximum Gasteiger partial charge on any atom is 0.306 e. The van der Waals surface area contributed by atoms with Gasteiger partial charge < -0.3 is 47.7 Å². The predicted octanol–water partition coefficient (Wildman–Crippen LogP) is 6.33. The minimum atomic E-state index is -0.659. The topological polar surface area (TPSA) is 114 Å². The van der Waals surface area contributed by atoms with Crippen molar-refractivity contribution in [1.82, 2.24) is 4.90 Å². The Bertz CT molecular complexity index is 1700. The third-order valence-corrected chi connectivity index (χ3v) is 15.5. The summed E-state index contributed by atoms with van der Waals surface area (Å²) in [5, 5.41) is 0. The first-order valence-corrected chi connectivity index (χ1v) is 22.7. The number of halogens is 1. The molecule has 1 aromatic rings. The molecule has 19 atom stereocenters. The number of ketones is 1. The second-order valence-electron chi connectivity index (χ2n) is 19.0. The molecule has 3 unspecified atom stereocenters. The number of Topliss-reactive ketones (excluding diaryl/α,β-unsaturated/α-hetero) is 1. The Morgan fingerprint density at radius 3 is 2.22 bits per heavy atom. The highest BCUT2D eigenvalue weighted by Crippen LogP contribution is 2.65. The molecule has 2 saturated carbocycles. The molecule has 0 radical (unpaired) electrons. The van der Waals surface area contributed by atoms with Crippen LogP contribution in [0.2, 0.25) is 0 Å². The lowest BCUT2D eigenvalue weighted by molar-refractivity contribution is -0.314. The number of ether oxygens (including phenoxy) is 8. The molecule has 12 nitrogen and oxygen atoms in total. The van der Waals surface area contributed by atoms with Crippen LogP contribution in [0, 0.1) is 41.3 Å². The fourth-order valence-corrected chi connectivity index (χ4v) is 12.6. The van der Waals surface area contributed by atoms with E-state index in [1.54, 1.807) is 21.3 Å². The van der Waals surface area contributed by atoms with Crippen molar-refractivity contribution in [2.24, 2.45) is 35.5 Å². The molecule has 4 aliphatic heterocycles. The number of benzene rings is 1. The Balaban J connectivity index is 1.10. The zero-order chi connectivity index (χ0) is 42.6. The van der Waals surface area contributed by atoms with E-state index in [0.29, 0.717) is 18.9 Å². The molecule has 4 heterocycles. The summed E-state index contributed by atoms with van der Waals surface area (Å²) in [6.07, 6.45) is 5.34. The SMILES string of the molecule is CC[C@H]1CCC[C@H](O[C@H]2CC[C@H](N(C)C)C(C)O2)[C@@H](C)C(=O)C2=C[C@H]3[C@@H]4C[C@H](O[C@@H]5OC(C)[C@H](OC)C(OC)[C@@H]5OC)C[C@H]4[C@H]4[C@@H]([C@H]3[C@@H]2CC(=O)O1)N4c1ccc(F)cc1. The Hall–Kier alpha value is -2.49. The molecule has 8 rings (SSSR count). The molecular formula is C47H69FN2O10. The van der Waals surface area contributed by atoms with E-state index < -0.39 is 18.3 Å². The lowest BCUT2D eigenvalue weighted by Crippen LogP contribution is -2.59. The highest BCUT2D eigenvalue weighted by atomic mass is 19.1. The molecule has 4 saturated heterocycles. The number of hydrogen-bond donors (Lipinski definition) is 0. The van der Waals surface area contributed by atoms with Gasteiger partial charge in [0.15, 0.2) is 18.4 Å². The van der Waals surface area contributed by atoms with Gasteiger partial charge in [-0.2, -0.15) is 0 Å². The minimum absolute atomic E-state index is 0.00442.